The Kier molecular flexibility index (Phi) is 6.81. The molecule has 0 spiro atoms. The number of hydrogen-bond donors (Lipinski definition) is 0. The number of hydrogen-bond acceptors (Lipinski definition) is 6. The Morgan fingerprint density at radius 2 is 1.86 bits per heavy atom. The molecule has 0 bridgehead atoms. The molecule has 144 valence electrons. The van der Waals surface area contributed by atoms with Crippen molar-refractivity contribution < 1.29 is 19.0 Å². The zero-order valence-corrected chi connectivity index (χ0v) is 16.6. The number of benzene rings is 2. The lowest BCUT2D eigenvalue weighted by molar-refractivity contribution is -0.141. The van der Waals surface area contributed by atoms with Gasteiger partial charge in [0.2, 0.25) is 0 Å². The van der Waals surface area contributed by atoms with Gasteiger partial charge in [-0.15, -0.1) is 11.3 Å². The van der Waals surface area contributed by atoms with Gasteiger partial charge in [0.15, 0.2) is 11.5 Å². The van der Waals surface area contributed by atoms with Crippen LogP contribution in [0.15, 0.2) is 60.0 Å². The van der Waals surface area contributed by atoms with E-state index in [0.29, 0.717) is 17.2 Å². The largest absolute Gasteiger partial charge is 0.493 e. The minimum absolute atomic E-state index is 0.142. The summed E-state index contributed by atoms with van der Waals surface area (Å²) in [7, 11) is 3.19. The highest BCUT2D eigenvalue weighted by molar-refractivity contribution is 7.13. The molecule has 0 unspecified atom stereocenters. The van der Waals surface area contributed by atoms with E-state index in [0.717, 1.165) is 16.1 Å². The molecule has 6 heteroatoms. The van der Waals surface area contributed by atoms with Crippen molar-refractivity contribution in [2.24, 2.45) is 0 Å². The summed E-state index contributed by atoms with van der Waals surface area (Å²) in [4.78, 5) is 16.6. The molecule has 1 heterocycles. The number of carbonyl (C=O) groups is 1. The van der Waals surface area contributed by atoms with E-state index < -0.39 is 0 Å². The van der Waals surface area contributed by atoms with Crippen molar-refractivity contribution in [3.63, 3.8) is 0 Å². The highest BCUT2D eigenvalue weighted by Gasteiger charge is 2.12. The molecule has 5 nitrogen and oxygen atoms in total. The van der Waals surface area contributed by atoms with E-state index in [1.165, 1.54) is 11.3 Å². The molecule has 0 fully saturated rings. The Bertz CT molecular complexity index is 950. The molecule has 0 aliphatic heterocycles. The van der Waals surface area contributed by atoms with Gasteiger partial charge in [0.05, 0.1) is 26.3 Å². The van der Waals surface area contributed by atoms with Crippen LogP contribution in [0, 0.1) is 0 Å². The number of carbonyl (C=O) groups excluding carboxylic acids is 1. The van der Waals surface area contributed by atoms with Crippen LogP contribution in [0.25, 0.3) is 16.6 Å². The molecule has 1 aromatic heterocycles. The van der Waals surface area contributed by atoms with Crippen molar-refractivity contribution in [1.82, 2.24) is 4.98 Å². The third kappa shape index (κ3) is 5.20. The Balaban J connectivity index is 1.55. The highest BCUT2D eigenvalue weighted by Crippen LogP contribution is 2.33. The second-order valence-electron chi connectivity index (χ2n) is 5.89. The molecule has 2 aromatic carbocycles. The standard InChI is InChI=1S/C22H21NO4S/c1-25-19-11-10-17(13-20(19)26-2)22-23-18(15-28-22)14-21(24)27-12-6-9-16-7-4-3-5-8-16/h3-11,13,15H,12,14H2,1-2H3/b9-6+. The number of thiazole rings is 1. The van der Waals surface area contributed by atoms with Crippen molar-refractivity contribution in [1.29, 1.82) is 0 Å². The third-order valence-electron chi connectivity index (χ3n) is 3.96. The van der Waals surface area contributed by atoms with Gasteiger partial charge < -0.3 is 14.2 Å². The van der Waals surface area contributed by atoms with Gasteiger partial charge in [-0.05, 0) is 29.8 Å². The third-order valence-corrected chi connectivity index (χ3v) is 4.90. The van der Waals surface area contributed by atoms with E-state index >= 15 is 0 Å². The fraction of sp³-hybridized carbons (Fsp3) is 0.182. The van der Waals surface area contributed by atoms with Crippen LogP contribution >= 0.6 is 11.3 Å². The van der Waals surface area contributed by atoms with Gasteiger partial charge in [0.1, 0.15) is 11.6 Å². The summed E-state index contributed by atoms with van der Waals surface area (Å²) in [6.07, 6.45) is 3.89. The molecule has 0 atom stereocenters. The molecule has 0 radical (unpaired) electrons. The van der Waals surface area contributed by atoms with Crippen molar-refractivity contribution in [2.45, 2.75) is 6.42 Å². The lowest BCUT2D eigenvalue weighted by atomic mass is 10.2. The van der Waals surface area contributed by atoms with Gasteiger partial charge >= 0.3 is 5.97 Å². The number of aromatic nitrogens is 1. The molecular weight excluding hydrogens is 374 g/mol. The van der Waals surface area contributed by atoms with Crippen LogP contribution in [0.2, 0.25) is 0 Å². The summed E-state index contributed by atoms with van der Waals surface area (Å²) in [5.74, 6) is 0.999. The number of ether oxygens (including phenoxy) is 3. The summed E-state index contributed by atoms with van der Waals surface area (Å²) in [6, 6.07) is 15.5. The zero-order valence-electron chi connectivity index (χ0n) is 15.8. The van der Waals surface area contributed by atoms with Crippen LogP contribution in [-0.2, 0) is 16.0 Å². The Morgan fingerprint density at radius 1 is 1.07 bits per heavy atom. The monoisotopic (exact) mass is 395 g/mol. The van der Waals surface area contributed by atoms with Crippen molar-refractivity contribution in [3.05, 3.63) is 71.2 Å². The highest BCUT2D eigenvalue weighted by atomic mass is 32.1. The van der Waals surface area contributed by atoms with Crippen molar-refractivity contribution in [2.75, 3.05) is 20.8 Å². The van der Waals surface area contributed by atoms with Gasteiger partial charge in [-0.3, -0.25) is 4.79 Å². The van der Waals surface area contributed by atoms with Gasteiger partial charge in [0, 0.05) is 10.9 Å². The maximum atomic E-state index is 12.0. The first kappa shape index (κ1) is 19.6. The number of esters is 1. The molecule has 28 heavy (non-hydrogen) atoms. The molecule has 0 amide bonds. The second-order valence-corrected chi connectivity index (χ2v) is 6.74. The van der Waals surface area contributed by atoms with Gasteiger partial charge in [-0.2, -0.15) is 0 Å². The van der Waals surface area contributed by atoms with E-state index in [1.54, 1.807) is 14.2 Å². The molecule has 3 aromatic rings. The van der Waals surface area contributed by atoms with Crippen molar-refractivity contribution >= 4 is 23.4 Å². The number of nitrogens with zero attached hydrogens (tertiary/aromatic N) is 1. The lowest BCUT2D eigenvalue weighted by Crippen LogP contribution is -2.08. The summed E-state index contributed by atoms with van der Waals surface area (Å²) < 4.78 is 15.8. The maximum Gasteiger partial charge on any atom is 0.312 e. The van der Waals surface area contributed by atoms with E-state index in [1.807, 2.05) is 66.1 Å². The van der Waals surface area contributed by atoms with Crippen molar-refractivity contribution in [3.8, 4) is 22.1 Å². The van der Waals surface area contributed by atoms with E-state index in [9.17, 15) is 4.79 Å². The first-order valence-electron chi connectivity index (χ1n) is 8.73. The molecule has 0 aliphatic rings. The van der Waals surface area contributed by atoms with Crippen LogP contribution in [-0.4, -0.2) is 31.8 Å². The van der Waals surface area contributed by atoms with E-state index in [-0.39, 0.29) is 19.0 Å². The average molecular weight is 395 g/mol. The Morgan fingerprint density at radius 3 is 2.61 bits per heavy atom. The van der Waals surface area contributed by atoms with Gasteiger partial charge in [-0.25, -0.2) is 4.98 Å². The molecule has 0 N–H and O–H groups in total. The zero-order chi connectivity index (χ0) is 19.8. The predicted molar refractivity (Wildman–Crippen MR) is 111 cm³/mol. The second kappa shape index (κ2) is 9.71. The maximum absolute atomic E-state index is 12.0. The first-order valence-corrected chi connectivity index (χ1v) is 9.61. The Labute approximate surface area is 168 Å². The average Bonchev–Trinajstić information content (AvgIpc) is 3.19. The topological polar surface area (TPSA) is 57.7 Å². The van der Waals surface area contributed by atoms with Crippen LogP contribution in [0.1, 0.15) is 11.3 Å². The fourth-order valence-electron chi connectivity index (χ4n) is 2.58. The van der Waals surface area contributed by atoms with Crippen LogP contribution in [0.4, 0.5) is 0 Å². The van der Waals surface area contributed by atoms with Crippen LogP contribution in [0.5, 0.6) is 11.5 Å². The normalized spacial score (nSPS) is 10.8. The molecule has 0 aliphatic carbocycles. The van der Waals surface area contributed by atoms with E-state index in [2.05, 4.69) is 4.98 Å². The molecule has 0 saturated heterocycles. The molecule has 0 saturated carbocycles. The summed E-state index contributed by atoms with van der Waals surface area (Å²) in [5, 5.41) is 2.68. The summed E-state index contributed by atoms with van der Waals surface area (Å²) in [5.41, 5.74) is 2.66. The van der Waals surface area contributed by atoms with E-state index in [4.69, 9.17) is 14.2 Å². The van der Waals surface area contributed by atoms with Gasteiger partial charge in [-0.1, -0.05) is 36.4 Å². The molecular formula is C22H21NO4S. The SMILES string of the molecule is COc1ccc(-c2nc(CC(=O)OC/C=C/c3ccccc3)cs2)cc1OC. The minimum Gasteiger partial charge on any atom is -0.493 e. The number of methoxy groups -OCH3 is 2. The van der Waals surface area contributed by atoms with Crippen LogP contribution < -0.4 is 9.47 Å². The predicted octanol–water partition coefficient (Wildman–Crippen LogP) is 4.63. The minimum atomic E-state index is -0.304. The number of rotatable bonds is 8. The quantitative estimate of drug-likeness (QED) is 0.521. The summed E-state index contributed by atoms with van der Waals surface area (Å²) >= 11 is 1.47. The Hall–Kier alpha value is -3.12. The summed E-state index contributed by atoms with van der Waals surface area (Å²) in [6.45, 7) is 0.237. The first-order chi connectivity index (χ1) is 13.7. The van der Waals surface area contributed by atoms with Crippen LogP contribution in [0.3, 0.4) is 0 Å². The molecule has 3 rings (SSSR count). The smallest absolute Gasteiger partial charge is 0.312 e. The van der Waals surface area contributed by atoms with Gasteiger partial charge in [0.25, 0.3) is 0 Å². The lowest BCUT2D eigenvalue weighted by Gasteiger charge is -2.08. The fourth-order valence-corrected chi connectivity index (χ4v) is 3.40.